The average molecular weight is 294 g/mol. The second-order valence-electron chi connectivity index (χ2n) is 6.21. The van der Waals surface area contributed by atoms with Crippen LogP contribution in [0, 0.1) is 12.8 Å². The fraction of sp³-hybridized carbons (Fsp3) is 0.667. The van der Waals surface area contributed by atoms with Gasteiger partial charge in [0.15, 0.2) is 0 Å². The minimum atomic E-state index is 0.582. The second-order valence-corrected chi connectivity index (χ2v) is 6.62. The third-order valence-electron chi connectivity index (χ3n) is 4.58. The van der Waals surface area contributed by atoms with Crippen LogP contribution in [0.4, 0.5) is 0 Å². The largest absolute Gasteiger partial charge is 0.314 e. The molecule has 1 saturated carbocycles. The summed E-state index contributed by atoms with van der Waals surface area (Å²) in [6, 6.07) is 7.06. The SMILES string of the molecule is CCNC(Cc1ccc(C)cc1Cl)C1CCCCCC1. The summed E-state index contributed by atoms with van der Waals surface area (Å²) in [6.45, 7) is 5.35. The van der Waals surface area contributed by atoms with Crippen LogP contribution in [-0.2, 0) is 6.42 Å². The molecule has 0 heterocycles. The van der Waals surface area contributed by atoms with E-state index in [2.05, 4.69) is 37.4 Å². The van der Waals surface area contributed by atoms with E-state index in [0.29, 0.717) is 6.04 Å². The molecule has 0 aromatic heterocycles. The van der Waals surface area contributed by atoms with Gasteiger partial charge in [-0.2, -0.15) is 0 Å². The van der Waals surface area contributed by atoms with Gasteiger partial charge in [0.25, 0.3) is 0 Å². The molecule has 1 atom stereocenters. The Kier molecular flexibility index (Phi) is 6.38. The van der Waals surface area contributed by atoms with Gasteiger partial charge in [-0.1, -0.05) is 56.3 Å². The number of aryl methyl sites for hydroxylation is 1. The first-order valence-electron chi connectivity index (χ1n) is 8.19. The van der Waals surface area contributed by atoms with Gasteiger partial charge in [-0.05, 0) is 55.8 Å². The van der Waals surface area contributed by atoms with Gasteiger partial charge in [0.05, 0.1) is 0 Å². The quantitative estimate of drug-likeness (QED) is 0.741. The molecule has 1 aliphatic rings. The first-order chi connectivity index (χ1) is 9.70. The third kappa shape index (κ3) is 4.49. The number of hydrogen-bond donors (Lipinski definition) is 1. The summed E-state index contributed by atoms with van der Waals surface area (Å²) in [6.07, 6.45) is 9.45. The predicted octanol–water partition coefficient (Wildman–Crippen LogP) is 5.14. The summed E-state index contributed by atoms with van der Waals surface area (Å²) in [5, 5.41) is 4.64. The molecule has 1 aromatic rings. The number of halogens is 1. The zero-order valence-electron chi connectivity index (χ0n) is 12.9. The number of nitrogens with one attached hydrogen (secondary N) is 1. The summed E-state index contributed by atoms with van der Waals surface area (Å²) in [5.74, 6) is 0.815. The molecular weight excluding hydrogens is 266 g/mol. The van der Waals surface area contributed by atoms with E-state index in [0.717, 1.165) is 23.9 Å². The van der Waals surface area contributed by atoms with Crippen molar-refractivity contribution in [2.24, 2.45) is 5.92 Å². The molecule has 1 aromatic carbocycles. The van der Waals surface area contributed by atoms with Crippen LogP contribution in [0.5, 0.6) is 0 Å². The lowest BCUT2D eigenvalue weighted by Gasteiger charge is -2.27. The van der Waals surface area contributed by atoms with Crippen molar-refractivity contribution >= 4 is 11.6 Å². The van der Waals surface area contributed by atoms with Gasteiger partial charge < -0.3 is 5.32 Å². The summed E-state index contributed by atoms with van der Waals surface area (Å²) in [7, 11) is 0. The van der Waals surface area contributed by atoms with Crippen molar-refractivity contribution in [2.45, 2.75) is 64.8 Å². The van der Waals surface area contributed by atoms with Crippen molar-refractivity contribution < 1.29 is 0 Å². The van der Waals surface area contributed by atoms with Gasteiger partial charge in [-0.15, -0.1) is 0 Å². The smallest absolute Gasteiger partial charge is 0.0441 e. The highest BCUT2D eigenvalue weighted by Crippen LogP contribution is 2.29. The molecule has 0 saturated heterocycles. The maximum absolute atomic E-state index is 6.42. The predicted molar refractivity (Wildman–Crippen MR) is 88.5 cm³/mol. The normalized spacial score (nSPS) is 18.8. The van der Waals surface area contributed by atoms with Crippen LogP contribution in [0.2, 0.25) is 5.02 Å². The fourth-order valence-electron chi connectivity index (χ4n) is 3.44. The molecule has 2 heteroatoms. The van der Waals surface area contributed by atoms with Gasteiger partial charge in [0, 0.05) is 11.1 Å². The molecule has 112 valence electrons. The van der Waals surface area contributed by atoms with Crippen LogP contribution in [0.3, 0.4) is 0 Å². The van der Waals surface area contributed by atoms with E-state index in [4.69, 9.17) is 11.6 Å². The van der Waals surface area contributed by atoms with Gasteiger partial charge in [0.2, 0.25) is 0 Å². The topological polar surface area (TPSA) is 12.0 Å². The van der Waals surface area contributed by atoms with Gasteiger partial charge in [0.1, 0.15) is 0 Å². The lowest BCUT2D eigenvalue weighted by atomic mass is 9.87. The molecule has 1 fully saturated rings. The molecule has 20 heavy (non-hydrogen) atoms. The monoisotopic (exact) mass is 293 g/mol. The van der Waals surface area contributed by atoms with E-state index in [1.54, 1.807) is 0 Å². The van der Waals surface area contributed by atoms with Gasteiger partial charge >= 0.3 is 0 Å². The first kappa shape index (κ1) is 15.9. The minimum absolute atomic E-state index is 0.582. The molecule has 0 amide bonds. The molecule has 2 rings (SSSR count). The molecule has 0 radical (unpaired) electrons. The van der Waals surface area contributed by atoms with Crippen molar-refractivity contribution in [2.75, 3.05) is 6.54 Å². The number of benzene rings is 1. The summed E-state index contributed by atoms with van der Waals surface area (Å²) < 4.78 is 0. The van der Waals surface area contributed by atoms with Crippen molar-refractivity contribution in [3.8, 4) is 0 Å². The first-order valence-corrected chi connectivity index (χ1v) is 8.57. The van der Waals surface area contributed by atoms with Crippen molar-refractivity contribution in [1.82, 2.24) is 5.32 Å². The molecule has 0 spiro atoms. The zero-order chi connectivity index (χ0) is 14.4. The van der Waals surface area contributed by atoms with Crippen LogP contribution in [-0.4, -0.2) is 12.6 Å². The molecule has 1 unspecified atom stereocenters. The van der Waals surface area contributed by atoms with E-state index in [-0.39, 0.29) is 0 Å². The summed E-state index contributed by atoms with van der Waals surface area (Å²) in [5.41, 5.74) is 2.54. The lowest BCUT2D eigenvalue weighted by molar-refractivity contribution is 0.321. The molecule has 0 aliphatic heterocycles. The maximum Gasteiger partial charge on any atom is 0.0441 e. The average Bonchev–Trinajstić information content (AvgIpc) is 2.70. The van der Waals surface area contributed by atoms with Crippen LogP contribution in [0.1, 0.15) is 56.6 Å². The van der Waals surface area contributed by atoms with Gasteiger partial charge in [-0.3, -0.25) is 0 Å². The summed E-state index contributed by atoms with van der Waals surface area (Å²) in [4.78, 5) is 0. The van der Waals surface area contributed by atoms with Crippen LogP contribution in [0.25, 0.3) is 0 Å². The Balaban J connectivity index is 2.07. The number of rotatable bonds is 5. The van der Waals surface area contributed by atoms with E-state index < -0.39 is 0 Å². The van der Waals surface area contributed by atoms with E-state index in [9.17, 15) is 0 Å². The van der Waals surface area contributed by atoms with Crippen LogP contribution < -0.4 is 5.32 Å². The molecule has 1 aliphatic carbocycles. The molecule has 0 bridgehead atoms. The minimum Gasteiger partial charge on any atom is -0.314 e. The van der Waals surface area contributed by atoms with Crippen LogP contribution >= 0.6 is 11.6 Å². The summed E-state index contributed by atoms with van der Waals surface area (Å²) >= 11 is 6.42. The Bertz CT molecular complexity index is 408. The Labute approximate surface area is 129 Å². The van der Waals surface area contributed by atoms with E-state index >= 15 is 0 Å². The fourth-order valence-corrected chi connectivity index (χ4v) is 3.75. The maximum atomic E-state index is 6.42. The van der Waals surface area contributed by atoms with Crippen LogP contribution in [0.15, 0.2) is 18.2 Å². The highest BCUT2D eigenvalue weighted by molar-refractivity contribution is 6.31. The lowest BCUT2D eigenvalue weighted by Crippen LogP contribution is -2.38. The highest BCUT2D eigenvalue weighted by atomic mass is 35.5. The second kappa shape index (κ2) is 8.05. The number of hydrogen-bond acceptors (Lipinski definition) is 1. The van der Waals surface area contributed by atoms with E-state index in [1.165, 1.54) is 49.7 Å². The van der Waals surface area contributed by atoms with Gasteiger partial charge in [-0.25, -0.2) is 0 Å². The Morgan fingerprint density at radius 3 is 2.50 bits per heavy atom. The number of likely N-dealkylation sites (N-methyl/N-ethyl adjacent to an activating group) is 1. The Hall–Kier alpha value is -0.530. The van der Waals surface area contributed by atoms with Crippen molar-refractivity contribution in [3.05, 3.63) is 34.3 Å². The Morgan fingerprint density at radius 2 is 1.90 bits per heavy atom. The molecule has 1 N–H and O–H groups in total. The van der Waals surface area contributed by atoms with Crippen molar-refractivity contribution in [1.29, 1.82) is 0 Å². The highest BCUT2D eigenvalue weighted by Gasteiger charge is 2.22. The zero-order valence-corrected chi connectivity index (χ0v) is 13.7. The van der Waals surface area contributed by atoms with Crippen molar-refractivity contribution in [3.63, 3.8) is 0 Å². The Morgan fingerprint density at radius 1 is 1.20 bits per heavy atom. The van der Waals surface area contributed by atoms with E-state index in [1.807, 2.05) is 0 Å². The standard InChI is InChI=1S/C18H28ClN/c1-3-20-18(15-8-6-4-5-7-9-15)13-16-11-10-14(2)12-17(16)19/h10-12,15,18,20H,3-9,13H2,1-2H3. The molecular formula is C18H28ClN. The third-order valence-corrected chi connectivity index (χ3v) is 4.94. The molecule has 1 nitrogen and oxygen atoms in total.